The van der Waals surface area contributed by atoms with Gasteiger partial charge in [-0.3, -0.25) is 0 Å². The molecule has 0 radical (unpaired) electrons. The summed E-state index contributed by atoms with van der Waals surface area (Å²) in [5.41, 5.74) is 7.64. The Morgan fingerprint density at radius 1 is 1.50 bits per heavy atom. The normalized spacial score (nSPS) is 12.8. The van der Waals surface area contributed by atoms with E-state index < -0.39 is 0 Å². The van der Waals surface area contributed by atoms with Crippen molar-refractivity contribution in [3.63, 3.8) is 0 Å². The zero-order valence-corrected chi connectivity index (χ0v) is 12.6. The first-order valence-electron chi connectivity index (χ1n) is 6.03. The molecule has 1 aromatic carbocycles. The minimum absolute atomic E-state index is 0.540. The fourth-order valence-corrected chi connectivity index (χ4v) is 3.82. The van der Waals surface area contributed by atoms with E-state index in [0.29, 0.717) is 6.04 Å². The Kier molecular flexibility index (Phi) is 4.35. The molecule has 0 aliphatic rings. The van der Waals surface area contributed by atoms with Crippen LogP contribution < -0.4 is 10.6 Å². The van der Waals surface area contributed by atoms with Gasteiger partial charge in [-0.15, -0.1) is 0 Å². The average Bonchev–Trinajstić information content (AvgIpc) is 2.77. The van der Waals surface area contributed by atoms with Crippen LogP contribution in [0.2, 0.25) is 0 Å². The van der Waals surface area contributed by atoms with Crippen LogP contribution in [-0.4, -0.2) is 30.1 Å². The Morgan fingerprint density at radius 2 is 2.28 bits per heavy atom. The second-order valence-corrected chi connectivity index (χ2v) is 6.27. The number of hydrogen-bond acceptors (Lipinski definition) is 5. The third kappa shape index (κ3) is 2.72. The molecule has 0 saturated carbocycles. The summed E-state index contributed by atoms with van der Waals surface area (Å²) < 4.78 is 1.16. The largest absolute Gasteiger partial charge is 0.399 e. The van der Waals surface area contributed by atoms with Gasteiger partial charge in [-0.25, -0.2) is 4.98 Å². The van der Waals surface area contributed by atoms with Crippen molar-refractivity contribution in [3.05, 3.63) is 18.2 Å². The summed E-state index contributed by atoms with van der Waals surface area (Å²) in [4.78, 5) is 6.97. The zero-order chi connectivity index (χ0) is 13.1. The van der Waals surface area contributed by atoms with E-state index in [1.807, 2.05) is 30.0 Å². The van der Waals surface area contributed by atoms with E-state index in [1.165, 1.54) is 0 Å². The van der Waals surface area contributed by atoms with E-state index >= 15 is 0 Å². The van der Waals surface area contributed by atoms with Crippen molar-refractivity contribution in [1.82, 2.24) is 4.98 Å². The number of benzene rings is 1. The minimum Gasteiger partial charge on any atom is -0.399 e. The molecule has 2 aromatic rings. The maximum Gasteiger partial charge on any atom is 0.186 e. The predicted molar refractivity (Wildman–Crippen MR) is 84.9 cm³/mol. The van der Waals surface area contributed by atoms with Gasteiger partial charge in [0.15, 0.2) is 5.13 Å². The lowest BCUT2D eigenvalue weighted by Gasteiger charge is -2.25. The van der Waals surface area contributed by atoms with Gasteiger partial charge in [-0.05, 0) is 30.9 Å². The van der Waals surface area contributed by atoms with E-state index in [4.69, 9.17) is 5.73 Å². The van der Waals surface area contributed by atoms with Gasteiger partial charge in [0.1, 0.15) is 0 Å². The van der Waals surface area contributed by atoms with Gasteiger partial charge >= 0.3 is 0 Å². The number of hydrogen-bond donors (Lipinski definition) is 1. The van der Waals surface area contributed by atoms with Crippen LogP contribution in [0.5, 0.6) is 0 Å². The second-order valence-electron chi connectivity index (χ2n) is 4.35. The molecule has 1 unspecified atom stereocenters. The third-order valence-corrected chi connectivity index (χ3v) is 4.91. The summed E-state index contributed by atoms with van der Waals surface area (Å²) in [5.74, 6) is 1.13. The molecule has 98 valence electrons. The SMILES string of the molecule is CCC(CSC)N(C)c1nc2ccc(N)cc2s1. The molecular weight excluding hydrogens is 262 g/mol. The highest BCUT2D eigenvalue weighted by Crippen LogP contribution is 2.31. The van der Waals surface area contributed by atoms with Gasteiger partial charge in [0, 0.05) is 24.5 Å². The molecule has 0 aliphatic carbocycles. The first-order valence-corrected chi connectivity index (χ1v) is 8.24. The van der Waals surface area contributed by atoms with Crippen molar-refractivity contribution in [3.8, 4) is 0 Å². The van der Waals surface area contributed by atoms with Crippen LogP contribution in [0.1, 0.15) is 13.3 Å². The van der Waals surface area contributed by atoms with Crippen molar-refractivity contribution in [2.24, 2.45) is 0 Å². The molecule has 0 bridgehead atoms. The van der Waals surface area contributed by atoms with E-state index in [1.54, 1.807) is 11.3 Å². The summed E-state index contributed by atoms with van der Waals surface area (Å²) in [6, 6.07) is 6.44. The molecule has 2 rings (SSSR count). The van der Waals surface area contributed by atoms with Crippen LogP contribution in [0, 0.1) is 0 Å². The van der Waals surface area contributed by atoms with Crippen LogP contribution in [0.3, 0.4) is 0 Å². The van der Waals surface area contributed by atoms with Gasteiger partial charge < -0.3 is 10.6 Å². The van der Waals surface area contributed by atoms with Crippen molar-refractivity contribution < 1.29 is 0 Å². The lowest BCUT2D eigenvalue weighted by atomic mass is 10.2. The number of nitrogens with zero attached hydrogens (tertiary/aromatic N) is 2. The number of nitrogen functional groups attached to an aromatic ring is 1. The van der Waals surface area contributed by atoms with Gasteiger partial charge in [0.05, 0.1) is 10.2 Å². The first-order chi connectivity index (χ1) is 8.65. The molecule has 3 nitrogen and oxygen atoms in total. The number of thiazole rings is 1. The topological polar surface area (TPSA) is 42.2 Å². The fraction of sp³-hybridized carbons (Fsp3) is 0.462. The predicted octanol–water partition coefficient (Wildman–Crippen LogP) is 3.46. The van der Waals surface area contributed by atoms with Gasteiger partial charge in [-0.2, -0.15) is 11.8 Å². The highest BCUT2D eigenvalue weighted by atomic mass is 32.2. The second kappa shape index (κ2) is 5.80. The molecule has 5 heteroatoms. The number of nitrogens with two attached hydrogens (primary N) is 1. The fourth-order valence-electron chi connectivity index (χ4n) is 1.93. The van der Waals surface area contributed by atoms with Crippen LogP contribution >= 0.6 is 23.1 Å². The quantitative estimate of drug-likeness (QED) is 0.852. The Balaban J connectivity index is 2.29. The summed E-state index contributed by atoms with van der Waals surface area (Å²) >= 11 is 3.60. The van der Waals surface area contributed by atoms with E-state index in [0.717, 1.165) is 33.2 Å². The number of anilines is 2. The van der Waals surface area contributed by atoms with Gasteiger partial charge in [-0.1, -0.05) is 18.3 Å². The molecule has 0 aliphatic heterocycles. The smallest absolute Gasteiger partial charge is 0.186 e. The highest BCUT2D eigenvalue weighted by molar-refractivity contribution is 7.98. The standard InChI is InChI=1S/C13H19N3S2/c1-4-10(8-17-3)16(2)13-15-11-6-5-9(14)7-12(11)18-13/h5-7,10H,4,8,14H2,1-3H3. The van der Waals surface area contributed by atoms with E-state index in [9.17, 15) is 0 Å². The number of rotatable bonds is 5. The summed E-state index contributed by atoms with van der Waals surface area (Å²) in [5, 5.41) is 1.08. The van der Waals surface area contributed by atoms with Crippen LogP contribution in [0.25, 0.3) is 10.2 Å². The van der Waals surface area contributed by atoms with E-state index in [2.05, 4.69) is 30.1 Å². The van der Waals surface area contributed by atoms with Crippen molar-refractivity contribution >= 4 is 44.1 Å². The molecule has 18 heavy (non-hydrogen) atoms. The number of fused-ring (bicyclic) bond motifs is 1. The van der Waals surface area contributed by atoms with Crippen LogP contribution in [0.15, 0.2) is 18.2 Å². The van der Waals surface area contributed by atoms with Crippen molar-refractivity contribution in [2.75, 3.05) is 29.7 Å². The molecular formula is C13H19N3S2. The zero-order valence-electron chi connectivity index (χ0n) is 11.0. The molecule has 1 atom stereocenters. The summed E-state index contributed by atoms with van der Waals surface area (Å²) in [6.07, 6.45) is 3.28. The molecule has 1 heterocycles. The van der Waals surface area contributed by atoms with Gasteiger partial charge in [0.2, 0.25) is 0 Å². The molecule has 0 fully saturated rings. The monoisotopic (exact) mass is 281 g/mol. The first kappa shape index (κ1) is 13.5. The summed E-state index contributed by atoms with van der Waals surface area (Å²) in [7, 11) is 2.13. The molecule has 0 spiro atoms. The molecule has 2 N–H and O–H groups in total. The van der Waals surface area contributed by atoms with Crippen LogP contribution in [-0.2, 0) is 0 Å². The maximum atomic E-state index is 5.80. The summed E-state index contributed by atoms with van der Waals surface area (Å²) in [6.45, 7) is 2.22. The Hall–Kier alpha value is -0.940. The molecule has 0 amide bonds. The maximum absolute atomic E-state index is 5.80. The lowest BCUT2D eigenvalue weighted by molar-refractivity contribution is 0.672. The Morgan fingerprint density at radius 3 is 2.94 bits per heavy atom. The Bertz CT molecular complexity index is 524. The van der Waals surface area contributed by atoms with Crippen molar-refractivity contribution in [1.29, 1.82) is 0 Å². The van der Waals surface area contributed by atoms with Gasteiger partial charge in [0.25, 0.3) is 0 Å². The average molecular weight is 281 g/mol. The minimum atomic E-state index is 0.540. The van der Waals surface area contributed by atoms with Crippen molar-refractivity contribution in [2.45, 2.75) is 19.4 Å². The highest BCUT2D eigenvalue weighted by Gasteiger charge is 2.16. The molecule has 1 aromatic heterocycles. The Labute approximate surface area is 116 Å². The molecule has 0 saturated heterocycles. The third-order valence-electron chi connectivity index (χ3n) is 3.08. The number of thioether (sulfide) groups is 1. The van der Waals surface area contributed by atoms with E-state index in [-0.39, 0.29) is 0 Å². The number of aromatic nitrogens is 1. The van der Waals surface area contributed by atoms with Crippen LogP contribution in [0.4, 0.5) is 10.8 Å². The lowest BCUT2D eigenvalue weighted by Crippen LogP contribution is -2.32.